The molecule has 7 nitrogen and oxygen atoms in total. The fourth-order valence-electron chi connectivity index (χ4n) is 3.96. The molecule has 3 rings (SSSR count). The standard InChI is InChI=1S/C24H30N2O5/c1-17-4-6-18(7-5-17)22(8-9-23(27)28)25-10-12-26(13-11-25)24(29)19-14-20(30-2)16-21(15-19)31-3/h4-7,14-16,22H,8-13H2,1-3H3,(H,27,28)/t22-/m0/s1. The van der Waals surface area contributed by atoms with Gasteiger partial charge in [-0.15, -0.1) is 0 Å². The summed E-state index contributed by atoms with van der Waals surface area (Å²) >= 11 is 0. The summed E-state index contributed by atoms with van der Waals surface area (Å²) < 4.78 is 10.6. The number of methoxy groups -OCH3 is 2. The summed E-state index contributed by atoms with van der Waals surface area (Å²) in [7, 11) is 3.12. The summed E-state index contributed by atoms with van der Waals surface area (Å²) in [6, 6.07) is 13.5. The highest BCUT2D eigenvalue weighted by Crippen LogP contribution is 2.28. The molecule has 1 aliphatic heterocycles. The zero-order chi connectivity index (χ0) is 22.4. The van der Waals surface area contributed by atoms with Crippen molar-refractivity contribution in [2.75, 3.05) is 40.4 Å². The van der Waals surface area contributed by atoms with Crippen LogP contribution >= 0.6 is 0 Å². The van der Waals surface area contributed by atoms with Crippen LogP contribution in [0.4, 0.5) is 0 Å². The summed E-state index contributed by atoms with van der Waals surface area (Å²) in [4.78, 5) is 28.3. The Hall–Kier alpha value is -3.06. The number of benzene rings is 2. The molecule has 1 N–H and O–H groups in total. The maximum Gasteiger partial charge on any atom is 0.303 e. The first-order valence-corrected chi connectivity index (χ1v) is 10.5. The molecule has 1 amide bonds. The maximum atomic E-state index is 13.1. The quantitative estimate of drug-likeness (QED) is 0.697. The van der Waals surface area contributed by atoms with Gasteiger partial charge in [-0.05, 0) is 31.0 Å². The fraction of sp³-hybridized carbons (Fsp3) is 0.417. The van der Waals surface area contributed by atoms with E-state index in [2.05, 4.69) is 29.2 Å². The molecule has 1 atom stereocenters. The predicted octanol–water partition coefficient (Wildman–Crippen LogP) is 3.38. The van der Waals surface area contributed by atoms with Crippen molar-refractivity contribution >= 4 is 11.9 Å². The van der Waals surface area contributed by atoms with Crippen LogP contribution in [0.15, 0.2) is 42.5 Å². The van der Waals surface area contributed by atoms with Crippen molar-refractivity contribution in [1.29, 1.82) is 0 Å². The average molecular weight is 427 g/mol. The molecule has 1 aliphatic rings. The number of carbonyl (C=O) groups is 2. The van der Waals surface area contributed by atoms with Gasteiger partial charge in [-0.1, -0.05) is 29.8 Å². The summed E-state index contributed by atoms with van der Waals surface area (Å²) in [6.45, 7) is 4.56. The summed E-state index contributed by atoms with van der Waals surface area (Å²) in [6.07, 6.45) is 0.653. The topological polar surface area (TPSA) is 79.3 Å². The smallest absolute Gasteiger partial charge is 0.303 e. The SMILES string of the molecule is COc1cc(OC)cc(C(=O)N2CCN([C@@H](CCC(=O)O)c3ccc(C)cc3)CC2)c1. The largest absolute Gasteiger partial charge is 0.497 e. The number of hydrogen-bond acceptors (Lipinski definition) is 5. The van der Waals surface area contributed by atoms with Crippen LogP contribution in [0, 0.1) is 6.92 Å². The Bertz CT molecular complexity index is 882. The molecule has 2 aromatic rings. The first-order valence-electron chi connectivity index (χ1n) is 10.5. The van der Waals surface area contributed by atoms with E-state index in [-0.39, 0.29) is 18.4 Å². The number of carboxylic acids is 1. The number of rotatable bonds is 8. The molecule has 1 saturated heterocycles. The number of carbonyl (C=O) groups excluding carboxylic acids is 1. The third-order valence-electron chi connectivity index (χ3n) is 5.73. The van der Waals surface area contributed by atoms with E-state index in [4.69, 9.17) is 9.47 Å². The monoisotopic (exact) mass is 426 g/mol. The van der Waals surface area contributed by atoms with Crippen molar-refractivity contribution in [2.24, 2.45) is 0 Å². The Balaban J connectivity index is 1.70. The van der Waals surface area contributed by atoms with E-state index in [1.54, 1.807) is 32.4 Å². The molecule has 166 valence electrons. The molecule has 0 radical (unpaired) electrons. The number of amides is 1. The number of aliphatic carboxylic acids is 1. The molecule has 0 bridgehead atoms. The first-order chi connectivity index (χ1) is 14.9. The number of ether oxygens (including phenoxy) is 2. The van der Waals surface area contributed by atoms with E-state index < -0.39 is 5.97 Å². The average Bonchev–Trinajstić information content (AvgIpc) is 2.79. The molecule has 0 aromatic heterocycles. The Morgan fingerprint density at radius 3 is 2.06 bits per heavy atom. The van der Waals surface area contributed by atoms with E-state index in [0.717, 1.165) is 5.56 Å². The van der Waals surface area contributed by atoms with Gasteiger partial charge in [0.15, 0.2) is 0 Å². The minimum Gasteiger partial charge on any atom is -0.497 e. The van der Waals surface area contributed by atoms with Gasteiger partial charge in [-0.2, -0.15) is 0 Å². The number of carboxylic acid groups (broad SMARTS) is 1. The van der Waals surface area contributed by atoms with Crippen LogP contribution < -0.4 is 9.47 Å². The predicted molar refractivity (Wildman–Crippen MR) is 118 cm³/mol. The van der Waals surface area contributed by atoms with E-state index in [0.29, 0.717) is 49.7 Å². The van der Waals surface area contributed by atoms with Gasteiger partial charge in [0.05, 0.1) is 14.2 Å². The normalized spacial score (nSPS) is 15.4. The highest BCUT2D eigenvalue weighted by atomic mass is 16.5. The van der Waals surface area contributed by atoms with Gasteiger partial charge >= 0.3 is 5.97 Å². The molecular weight excluding hydrogens is 396 g/mol. The molecular formula is C24H30N2O5. The molecule has 7 heteroatoms. The Morgan fingerprint density at radius 1 is 0.968 bits per heavy atom. The number of hydrogen-bond donors (Lipinski definition) is 1. The zero-order valence-electron chi connectivity index (χ0n) is 18.3. The van der Waals surface area contributed by atoms with E-state index >= 15 is 0 Å². The number of nitrogens with zero attached hydrogens (tertiary/aromatic N) is 2. The second-order valence-corrected chi connectivity index (χ2v) is 7.79. The Morgan fingerprint density at radius 2 is 1.55 bits per heavy atom. The third kappa shape index (κ3) is 5.76. The van der Waals surface area contributed by atoms with Gasteiger partial charge < -0.3 is 19.5 Å². The van der Waals surface area contributed by atoms with Crippen LogP contribution in [-0.4, -0.2) is 67.2 Å². The Kier molecular flexibility index (Phi) is 7.52. The molecule has 0 saturated carbocycles. The number of piperazine rings is 1. The first kappa shape index (κ1) is 22.6. The lowest BCUT2D eigenvalue weighted by Crippen LogP contribution is -2.49. The summed E-state index contributed by atoms with van der Waals surface area (Å²) in [5.74, 6) is 0.302. The summed E-state index contributed by atoms with van der Waals surface area (Å²) in [5.41, 5.74) is 2.82. The van der Waals surface area contributed by atoms with Crippen molar-refractivity contribution in [3.63, 3.8) is 0 Å². The van der Waals surface area contributed by atoms with Gasteiger partial charge in [-0.3, -0.25) is 14.5 Å². The van der Waals surface area contributed by atoms with E-state index in [1.165, 1.54) is 5.56 Å². The van der Waals surface area contributed by atoms with Crippen molar-refractivity contribution in [1.82, 2.24) is 9.80 Å². The minimum absolute atomic E-state index is 0.0193. The van der Waals surface area contributed by atoms with Crippen molar-refractivity contribution in [2.45, 2.75) is 25.8 Å². The van der Waals surface area contributed by atoms with Crippen LogP contribution in [0.5, 0.6) is 11.5 Å². The molecule has 0 spiro atoms. The Labute approximate surface area is 183 Å². The molecule has 0 aliphatic carbocycles. The van der Waals surface area contributed by atoms with Crippen molar-refractivity contribution in [3.05, 3.63) is 59.2 Å². The zero-order valence-corrected chi connectivity index (χ0v) is 18.3. The van der Waals surface area contributed by atoms with Crippen molar-refractivity contribution in [3.8, 4) is 11.5 Å². The number of aryl methyl sites for hydroxylation is 1. The molecule has 31 heavy (non-hydrogen) atoms. The van der Waals surface area contributed by atoms with Crippen molar-refractivity contribution < 1.29 is 24.2 Å². The van der Waals surface area contributed by atoms with Gasteiger partial charge in [0.25, 0.3) is 5.91 Å². The minimum atomic E-state index is -0.794. The molecule has 1 fully saturated rings. The fourth-order valence-corrected chi connectivity index (χ4v) is 3.96. The van der Waals surface area contributed by atoms with Gasteiger partial charge in [0.1, 0.15) is 11.5 Å². The second kappa shape index (κ2) is 10.3. The van der Waals surface area contributed by atoms with Crippen LogP contribution in [0.2, 0.25) is 0 Å². The molecule has 1 heterocycles. The molecule has 0 unspecified atom stereocenters. The lowest BCUT2D eigenvalue weighted by molar-refractivity contribution is -0.137. The van der Waals surface area contributed by atoms with Gasteiger partial charge in [0, 0.05) is 50.3 Å². The highest BCUT2D eigenvalue weighted by molar-refractivity contribution is 5.95. The third-order valence-corrected chi connectivity index (χ3v) is 5.73. The van der Waals surface area contributed by atoms with Crippen LogP contribution in [0.3, 0.4) is 0 Å². The molecule has 2 aromatic carbocycles. The van der Waals surface area contributed by atoms with Crippen LogP contribution in [0.1, 0.15) is 40.4 Å². The van der Waals surface area contributed by atoms with Gasteiger partial charge in [0.2, 0.25) is 0 Å². The highest BCUT2D eigenvalue weighted by Gasteiger charge is 2.28. The second-order valence-electron chi connectivity index (χ2n) is 7.79. The van der Waals surface area contributed by atoms with E-state index in [9.17, 15) is 14.7 Å². The van der Waals surface area contributed by atoms with Crippen LogP contribution in [0.25, 0.3) is 0 Å². The van der Waals surface area contributed by atoms with Gasteiger partial charge in [-0.25, -0.2) is 0 Å². The maximum absolute atomic E-state index is 13.1. The lowest BCUT2D eigenvalue weighted by Gasteiger charge is -2.39. The van der Waals surface area contributed by atoms with Crippen LogP contribution in [-0.2, 0) is 4.79 Å². The summed E-state index contributed by atoms with van der Waals surface area (Å²) in [5, 5.41) is 9.19. The van der Waals surface area contributed by atoms with E-state index in [1.807, 2.05) is 11.8 Å². The lowest BCUT2D eigenvalue weighted by atomic mass is 9.98.